The molecule has 0 spiro atoms. The van der Waals surface area contributed by atoms with Crippen molar-refractivity contribution in [3.8, 4) is 5.75 Å². The first-order valence-corrected chi connectivity index (χ1v) is 8.62. The fraction of sp³-hybridized carbons (Fsp3) is 0.500. The lowest BCUT2D eigenvalue weighted by atomic mass is 10.2. The molecule has 0 unspecified atom stereocenters. The van der Waals surface area contributed by atoms with Crippen LogP contribution in [0.3, 0.4) is 0 Å². The summed E-state index contributed by atoms with van der Waals surface area (Å²) in [6, 6.07) is 4.25. The third-order valence-electron chi connectivity index (χ3n) is 2.79. The fourth-order valence-electron chi connectivity index (χ4n) is 1.59. The predicted molar refractivity (Wildman–Crippen MR) is 82.5 cm³/mol. The lowest BCUT2D eigenvalue weighted by molar-refractivity contribution is -0.120. The van der Waals surface area contributed by atoms with Crippen molar-refractivity contribution in [3.05, 3.63) is 23.2 Å². The second kappa shape index (κ2) is 7.66. The molecule has 0 radical (unpaired) electrons. The van der Waals surface area contributed by atoms with Gasteiger partial charge >= 0.3 is 0 Å². The normalized spacial score (nSPS) is 11.5. The number of nitrogens with one attached hydrogen (secondary N) is 1. The minimum absolute atomic E-state index is 0.0707. The van der Waals surface area contributed by atoms with Gasteiger partial charge in [0.25, 0.3) is 0 Å². The van der Waals surface area contributed by atoms with E-state index in [1.165, 1.54) is 25.3 Å². The Labute approximate surface area is 130 Å². The minimum atomic E-state index is -3.54. The van der Waals surface area contributed by atoms with E-state index < -0.39 is 9.84 Å². The van der Waals surface area contributed by atoms with Gasteiger partial charge < -0.3 is 10.1 Å². The van der Waals surface area contributed by atoms with Crippen LogP contribution in [0.25, 0.3) is 0 Å². The Morgan fingerprint density at radius 3 is 2.57 bits per heavy atom. The monoisotopic (exact) mass is 333 g/mol. The molecule has 7 heteroatoms. The Balaban J connectivity index is 2.69. The fourth-order valence-corrected chi connectivity index (χ4v) is 3.18. The van der Waals surface area contributed by atoms with Crippen molar-refractivity contribution in [2.75, 3.05) is 19.4 Å². The number of amides is 1. The summed E-state index contributed by atoms with van der Waals surface area (Å²) in [6.07, 6.45) is -0.0707. The van der Waals surface area contributed by atoms with Crippen LogP contribution >= 0.6 is 11.6 Å². The first-order chi connectivity index (χ1) is 9.76. The third-order valence-corrected chi connectivity index (χ3v) is 4.80. The third kappa shape index (κ3) is 5.55. The molecule has 1 aromatic rings. The maximum atomic E-state index is 12.1. The zero-order valence-electron chi connectivity index (χ0n) is 12.3. The van der Waals surface area contributed by atoms with Gasteiger partial charge in [-0.3, -0.25) is 4.79 Å². The van der Waals surface area contributed by atoms with Crippen molar-refractivity contribution in [2.45, 2.75) is 25.2 Å². The highest BCUT2D eigenvalue weighted by molar-refractivity contribution is 7.91. The molecule has 0 atom stereocenters. The smallest absolute Gasteiger partial charge is 0.221 e. The summed E-state index contributed by atoms with van der Waals surface area (Å²) in [5.41, 5.74) is 0. The molecular weight excluding hydrogens is 314 g/mol. The van der Waals surface area contributed by atoms with Crippen LogP contribution in [-0.2, 0) is 14.6 Å². The highest BCUT2D eigenvalue weighted by Crippen LogP contribution is 2.27. The summed E-state index contributed by atoms with van der Waals surface area (Å²) in [7, 11) is -2.09. The molecule has 0 heterocycles. The van der Waals surface area contributed by atoms with Gasteiger partial charge in [-0.2, -0.15) is 0 Å². The van der Waals surface area contributed by atoms with Gasteiger partial charge in [0, 0.05) is 13.0 Å². The molecule has 1 N–H and O–H groups in total. The largest absolute Gasteiger partial charge is 0.495 e. The van der Waals surface area contributed by atoms with Crippen LogP contribution in [0.4, 0.5) is 0 Å². The second-order valence-corrected chi connectivity index (χ2v) is 7.58. The summed E-state index contributed by atoms with van der Waals surface area (Å²) in [6.45, 7) is 4.47. The van der Waals surface area contributed by atoms with E-state index in [0.29, 0.717) is 18.2 Å². The van der Waals surface area contributed by atoms with E-state index in [9.17, 15) is 13.2 Å². The maximum Gasteiger partial charge on any atom is 0.221 e. The maximum absolute atomic E-state index is 12.1. The average Bonchev–Trinajstić information content (AvgIpc) is 2.42. The number of carbonyl (C=O) groups excluding carboxylic acids is 1. The van der Waals surface area contributed by atoms with E-state index in [4.69, 9.17) is 16.3 Å². The Morgan fingerprint density at radius 2 is 2.05 bits per heavy atom. The molecule has 5 nitrogen and oxygen atoms in total. The molecule has 1 amide bonds. The van der Waals surface area contributed by atoms with Crippen LogP contribution in [0.2, 0.25) is 5.02 Å². The highest BCUT2D eigenvalue weighted by atomic mass is 35.5. The van der Waals surface area contributed by atoms with Crippen molar-refractivity contribution in [3.63, 3.8) is 0 Å². The van der Waals surface area contributed by atoms with Crippen molar-refractivity contribution < 1.29 is 17.9 Å². The number of ether oxygens (including phenoxy) is 1. The van der Waals surface area contributed by atoms with Crippen LogP contribution in [0, 0.1) is 5.92 Å². The summed E-state index contributed by atoms with van der Waals surface area (Å²) in [5, 5.41) is 2.91. The Kier molecular flexibility index (Phi) is 6.48. The summed E-state index contributed by atoms with van der Waals surface area (Å²) >= 11 is 5.91. The van der Waals surface area contributed by atoms with Gasteiger partial charge in [-0.25, -0.2) is 8.42 Å². The topological polar surface area (TPSA) is 72.5 Å². The van der Waals surface area contributed by atoms with Crippen molar-refractivity contribution >= 4 is 27.3 Å². The number of carbonyl (C=O) groups is 1. The molecule has 118 valence electrons. The summed E-state index contributed by atoms with van der Waals surface area (Å²) in [4.78, 5) is 11.7. The van der Waals surface area contributed by atoms with Crippen LogP contribution in [0.15, 0.2) is 23.1 Å². The van der Waals surface area contributed by atoms with Crippen LogP contribution in [0.1, 0.15) is 20.3 Å². The van der Waals surface area contributed by atoms with E-state index in [1.54, 1.807) is 0 Å². The summed E-state index contributed by atoms with van der Waals surface area (Å²) < 4.78 is 29.3. The Hall–Kier alpha value is -1.27. The number of hydrogen-bond donors (Lipinski definition) is 1. The molecule has 21 heavy (non-hydrogen) atoms. The Bertz CT molecular complexity index is 599. The van der Waals surface area contributed by atoms with Crippen molar-refractivity contribution in [1.82, 2.24) is 5.32 Å². The number of hydrogen-bond acceptors (Lipinski definition) is 4. The van der Waals surface area contributed by atoms with E-state index in [0.717, 1.165) is 0 Å². The predicted octanol–water partition coefficient (Wildman–Crippen LogP) is 2.28. The first-order valence-electron chi connectivity index (χ1n) is 6.59. The van der Waals surface area contributed by atoms with Gasteiger partial charge in [-0.15, -0.1) is 0 Å². The molecule has 0 saturated heterocycles. The zero-order valence-corrected chi connectivity index (χ0v) is 13.9. The van der Waals surface area contributed by atoms with Gasteiger partial charge in [0.05, 0.1) is 22.8 Å². The number of sulfone groups is 1. The number of methoxy groups -OCH3 is 1. The molecule has 1 aromatic carbocycles. The lowest BCUT2D eigenvalue weighted by Gasteiger charge is -2.09. The molecule has 0 aliphatic heterocycles. The molecule has 0 bridgehead atoms. The molecule has 1 rings (SSSR count). The van der Waals surface area contributed by atoms with Gasteiger partial charge in [0.1, 0.15) is 5.75 Å². The van der Waals surface area contributed by atoms with E-state index >= 15 is 0 Å². The van der Waals surface area contributed by atoms with Crippen molar-refractivity contribution in [2.24, 2.45) is 5.92 Å². The number of halogens is 1. The number of rotatable bonds is 7. The molecular formula is C14H20ClNO4S. The van der Waals surface area contributed by atoms with Crippen LogP contribution < -0.4 is 10.1 Å². The lowest BCUT2D eigenvalue weighted by Crippen LogP contribution is -2.28. The Morgan fingerprint density at radius 1 is 1.38 bits per heavy atom. The van der Waals surface area contributed by atoms with E-state index in [2.05, 4.69) is 5.32 Å². The van der Waals surface area contributed by atoms with E-state index in [1.807, 2.05) is 13.8 Å². The van der Waals surface area contributed by atoms with Gasteiger partial charge in [0.15, 0.2) is 9.84 Å². The molecule has 0 saturated carbocycles. The zero-order chi connectivity index (χ0) is 16.0. The molecule has 0 aromatic heterocycles. The van der Waals surface area contributed by atoms with Gasteiger partial charge in [0.2, 0.25) is 5.91 Å². The second-order valence-electron chi connectivity index (χ2n) is 5.06. The van der Waals surface area contributed by atoms with Crippen LogP contribution in [0.5, 0.6) is 5.75 Å². The van der Waals surface area contributed by atoms with Crippen molar-refractivity contribution in [1.29, 1.82) is 0 Å². The molecule has 0 aliphatic rings. The summed E-state index contributed by atoms with van der Waals surface area (Å²) in [5.74, 6) is 0.211. The molecule has 0 fully saturated rings. The average molecular weight is 334 g/mol. The molecule has 0 aliphatic carbocycles. The van der Waals surface area contributed by atoms with Gasteiger partial charge in [-0.1, -0.05) is 25.4 Å². The number of benzene rings is 1. The van der Waals surface area contributed by atoms with Crippen LogP contribution in [-0.4, -0.2) is 33.7 Å². The minimum Gasteiger partial charge on any atom is -0.495 e. The SMILES string of the molecule is COc1ccc(S(=O)(=O)CCC(=O)NCC(C)C)cc1Cl. The van der Waals surface area contributed by atoms with E-state index in [-0.39, 0.29) is 28.0 Å². The highest BCUT2D eigenvalue weighted by Gasteiger charge is 2.18. The quantitative estimate of drug-likeness (QED) is 0.831. The van der Waals surface area contributed by atoms with Gasteiger partial charge in [-0.05, 0) is 24.1 Å². The first kappa shape index (κ1) is 17.8. The standard InChI is InChI=1S/C14H20ClNO4S/c1-10(2)9-16-14(17)6-7-21(18,19)11-4-5-13(20-3)12(15)8-11/h4-5,8,10H,6-7,9H2,1-3H3,(H,16,17).